The SMILES string of the molecule is CC(C)(C)OC(=O)NCC(=O)OCC(=O)c1ccc(C#N)c(F)c1. The van der Waals surface area contributed by atoms with Gasteiger partial charge in [0.25, 0.3) is 0 Å². The summed E-state index contributed by atoms with van der Waals surface area (Å²) in [6.07, 6.45) is -0.792. The maximum Gasteiger partial charge on any atom is 0.408 e. The standard InChI is InChI=1S/C16H17FN2O5/c1-16(2,3)24-15(22)19-8-14(21)23-9-13(20)10-4-5-11(7-18)12(17)6-10/h4-6H,8-9H2,1-3H3,(H,19,22). The molecule has 1 rings (SSSR count). The number of carbonyl (C=O) groups excluding carboxylic acids is 3. The van der Waals surface area contributed by atoms with E-state index in [4.69, 9.17) is 10.00 Å². The van der Waals surface area contributed by atoms with Crippen LogP contribution in [0.1, 0.15) is 36.7 Å². The Labute approximate surface area is 138 Å². The van der Waals surface area contributed by atoms with Crippen molar-refractivity contribution in [3.05, 3.63) is 35.1 Å². The molecule has 128 valence electrons. The number of hydrogen-bond acceptors (Lipinski definition) is 6. The fourth-order valence-corrected chi connectivity index (χ4v) is 1.52. The topological polar surface area (TPSA) is 105 Å². The Morgan fingerprint density at radius 3 is 2.50 bits per heavy atom. The third kappa shape index (κ3) is 6.44. The molecule has 24 heavy (non-hydrogen) atoms. The van der Waals surface area contributed by atoms with Gasteiger partial charge in [0, 0.05) is 5.56 Å². The lowest BCUT2D eigenvalue weighted by atomic mass is 10.1. The second-order valence-electron chi connectivity index (χ2n) is 5.75. The van der Waals surface area contributed by atoms with Crippen LogP contribution in [0.5, 0.6) is 0 Å². The van der Waals surface area contributed by atoms with Crippen LogP contribution in [0.3, 0.4) is 0 Å². The molecule has 0 unspecified atom stereocenters. The highest BCUT2D eigenvalue weighted by Gasteiger charge is 2.17. The third-order valence-electron chi connectivity index (χ3n) is 2.55. The second-order valence-corrected chi connectivity index (χ2v) is 5.75. The van der Waals surface area contributed by atoms with E-state index in [2.05, 4.69) is 10.1 Å². The molecule has 0 aliphatic heterocycles. The number of nitrogens with zero attached hydrogens (tertiary/aromatic N) is 1. The molecule has 1 N–H and O–H groups in total. The molecule has 0 saturated heterocycles. The van der Waals surface area contributed by atoms with Crippen LogP contribution in [0.4, 0.5) is 9.18 Å². The Morgan fingerprint density at radius 1 is 1.29 bits per heavy atom. The van der Waals surface area contributed by atoms with E-state index in [-0.39, 0.29) is 11.1 Å². The molecule has 0 aliphatic carbocycles. The summed E-state index contributed by atoms with van der Waals surface area (Å²) >= 11 is 0. The van der Waals surface area contributed by atoms with E-state index >= 15 is 0 Å². The lowest BCUT2D eigenvalue weighted by molar-refractivity contribution is -0.141. The zero-order chi connectivity index (χ0) is 18.3. The number of esters is 1. The zero-order valence-corrected chi connectivity index (χ0v) is 13.5. The molecule has 1 aromatic rings. The van der Waals surface area contributed by atoms with Crippen LogP contribution in [-0.4, -0.2) is 36.6 Å². The molecule has 1 amide bonds. The fraction of sp³-hybridized carbons (Fsp3) is 0.375. The highest BCUT2D eigenvalue weighted by Crippen LogP contribution is 2.10. The van der Waals surface area contributed by atoms with Crippen LogP contribution in [-0.2, 0) is 14.3 Å². The second kappa shape index (κ2) is 8.06. The first-order valence-electron chi connectivity index (χ1n) is 6.97. The number of nitrogens with one attached hydrogen (secondary N) is 1. The molecule has 8 heteroatoms. The molecule has 0 heterocycles. The third-order valence-corrected chi connectivity index (χ3v) is 2.55. The van der Waals surface area contributed by atoms with E-state index in [0.717, 1.165) is 12.1 Å². The van der Waals surface area contributed by atoms with Crippen molar-refractivity contribution in [1.29, 1.82) is 5.26 Å². The quantitative estimate of drug-likeness (QED) is 0.651. The monoisotopic (exact) mass is 336 g/mol. The van der Waals surface area contributed by atoms with Gasteiger partial charge in [-0.05, 0) is 39.0 Å². The van der Waals surface area contributed by atoms with E-state index in [1.807, 2.05) is 0 Å². The van der Waals surface area contributed by atoms with Gasteiger partial charge < -0.3 is 14.8 Å². The smallest absolute Gasteiger partial charge is 0.408 e. The summed E-state index contributed by atoms with van der Waals surface area (Å²) < 4.78 is 23.0. The van der Waals surface area contributed by atoms with E-state index in [1.54, 1.807) is 26.8 Å². The molecule has 0 saturated carbocycles. The summed E-state index contributed by atoms with van der Waals surface area (Å²) in [6, 6.07) is 4.95. The molecule has 0 bridgehead atoms. The summed E-state index contributed by atoms with van der Waals surface area (Å²) in [5.41, 5.74) is -0.923. The summed E-state index contributed by atoms with van der Waals surface area (Å²) in [5.74, 6) is -2.31. The number of benzene rings is 1. The van der Waals surface area contributed by atoms with Gasteiger partial charge in [-0.1, -0.05) is 0 Å². The zero-order valence-electron chi connectivity index (χ0n) is 13.5. The Bertz CT molecular complexity index is 689. The average Bonchev–Trinajstić information content (AvgIpc) is 2.48. The van der Waals surface area contributed by atoms with Crippen molar-refractivity contribution in [3.63, 3.8) is 0 Å². The van der Waals surface area contributed by atoms with Gasteiger partial charge in [0.15, 0.2) is 12.4 Å². The van der Waals surface area contributed by atoms with Crippen LogP contribution in [0.25, 0.3) is 0 Å². The van der Waals surface area contributed by atoms with Crippen LogP contribution in [0.15, 0.2) is 18.2 Å². The van der Waals surface area contributed by atoms with Crippen molar-refractivity contribution in [2.45, 2.75) is 26.4 Å². The van der Waals surface area contributed by atoms with Gasteiger partial charge in [-0.15, -0.1) is 0 Å². The largest absolute Gasteiger partial charge is 0.456 e. The van der Waals surface area contributed by atoms with E-state index in [0.29, 0.717) is 0 Å². The average molecular weight is 336 g/mol. The first-order valence-corrected chi connectivity index (χ1v) is 6.97. The fourth-order valence-electron chi connectivity index (χ4n) is 1.52. The van der Waals surface area contributed by atoms with Gasteiger partial charge in [-0.25, -0.2) is 9.18 Å². The van der Waals surface area contributed by atoms with Gasteiger partial charge in [0.1, 0.15) is 24.0 Å². The molecule has 1 aromatic carbocycles. The number of hydrogen-bond donors (Lipinski definition) is 1. The minimum Gasteiger partial charge on any atom is -0.456 e. The van der Waals surface area contributed by atoms with Crippen molar-refractivity contribution in [3.8, 4) is 6.07 Å². The van der Waals surface area contributed by atoms with Gasteiger partial charge in [0.05, 0.1) is 5.56 Å². The number of rotatable bonds is 5. The lowest BCUT2D eigenvalue weighted by Gasteiger charge is -2.19. The Hall–Kier alpha value is -2.95. The van der Waals surface area contributed by atoms with Crippen LogP contribution in [0.2, 0.25) is 0 Å². The van der Waals surface area contributed by atoms with E-state index < -0.39 is 42.4 Å². The van der Waals surface area contributed by atoms with Crippen molar-refractivity contribution < 1.29 is 28.2 Å². The highest BCUT2D eigenvalue weighted by molar-refractivity contribution is 5.98. The summed E-state index contributed by atoms with van der Waals surface area (Å²) in [7, 11) is 0. The molecule has 0 aromatic heterocycles. The molecule has 0 atom stereocenters. The first-order chi connectivity index (χ1) is 11.1. The molecular formula is C16H17FN2O5. The summed E-state index contributed by atoms with van der Waals surface area (Å²) in [6.45, 7) is 3.92. The van der Waals surface area contributed by atoms with Crippen LogP contribution < -0.4 is 5.32 Å². The first kappa shape index (κ1) is 19.1. The maximum atomic E-state index is 13.4. The summed E-state index contributed by atoms with van der Waals surface area (Å²) in [4.78, 5) is 34.6. The number of alkyl carbamates (subject to hydrolysis) is 1. The predicted molar refractivity (Wildman–Crippen MR) is 80.6 cm³/mol. The minimum atomic E-state index is -0.844. The molecule has 7 nitrogen and oxygen atoms in total. The van der Waals surface area contributed by atoms with Crippen molar-refractivity contribution in [2.75, 3.05) is 13.2 Å². The lowest BCUT2D eigenvalue weighted by Crippen LogP contribution is -2.36. The summed E-state index contributed by atoms with van der Waals surface area (Å²) in [5, 5.41) is 10.8. The Morgan fingerprint density at radius 2 is 1.96 bits per heavy atom. The molecule has 0 spiro atoms. The van der Waals surface area contributed by atoms with Crippen LogP contribution >= 0.6 is 0 Å². The maximum absolute atomic E-state index is 13.4. The Kier molecular flexibility index (Phi) is 6.41. The molecule has 0 aliphatic rings. The van der Waals surface area contributed by atoms with E-state index in [1.165, 1.54) is 6.07 Å². The van der Waals surface area contributed by atoms with Gasteiger partial charge in [0.2, 0.25) is 0 Å². The number of ketones is 1. The number of Topliss-reactive ketones (excluding diaryl/α,β-unsaturated/α-hetero) is 1. The van der Waals surface area contributed by atoms with Crippen molar-refractivity contribution in [2.24, 2.45) is 0 Å². The van der Waals surface area contributed by atoms with Crippen molar-refractivity contribution in [1.82, 2.24) is 5.32 Å². The number of amides is 1. The van der Waals surface area contributed by atoms with Gasteiger partial charge in [-0.2, -0.15) is 5.26 Å². The van der Waals surface area contributed by atoms with Gasteiger partial charge >= 0.3 is 12.1 Å². The molecule has 0 radical (unpaired) electrons. The minimum absolute atomic E-state index is 0.0283. The van der Waals surface area contributed by atoms with Crippen molar-refractivity contribution >= 4 is 17.8 Å². The molecule has 0 fully saturated rings. The number of carbonyl (C=O) groups is 3. The predicted octanol–water partition coefficient (Wildman–Crippen LogP) is 1.95. The number of ether oxygens (including phenoxy) is 2. The molecular weight excluding hydrogens is 319 g/mol. The Balaban J connectivity index is 2.44. The van der Waals surface area contributed by atoms with E-state index in [9.17, 15) is 18.8 Å². The normalized spacial score (nSPS) is 10.5. The number of nitriles is 1. The van der Waals surface area contributed by atoms with Gasteiger partial charge in [-0.3, -0.25) is 9.59 Å². The number of halogens is 1. The van der Waals surface area contributed by atoms with Crippen LogP contribution in [0, 0.1) is 17.1 Å². The highest BCUT2D eigenvalue weighted by atomic mass is 19.1.